The van der Waals surface area contributed by atoms with E-state index in [1.165, 1.54) is 0 Å². The van der Waals surface area contributed by atoms with Crippen LogP contribution in [0.2, 0.25) is 5.02 Å². The number of amidine groups is 1. The van der Waals surface area contributed by atoms with Crippen LogP contribution >= 0.6 is 11.6 Å². The van der Waals surface area contributed by atoms with Crippen molar-refractivity contribution in [3.63, 3.8) is 0 Å². The highest BCUT2D eigenvalue weighted by atomic mass is 35.5. The Labute approximate surface area is 165 Å². The summed E-state index contributed by atoms with van der Waals surface area (Å²) in [7, 11) is 0. The molecule has 0 aliphatic carbocycles. The number of carboxylic acids is 1. The van der Waals surface area contributed by atoms with Crippen LogP contribution in [0.1, 0.15) is 16.7 Å². The van der Waals surface area contributed by atoms with Gasteiger partial charge in [0.1, 0.15) is 0 Å². The third kappa shape index (κ3) is 3.41. The van der Waals surface area contributed by atoms with E-state index in [2.05, 4.69) is 10.2 Å². The van der Waals surface area contributed by atoms with E-state index in [9.17, 15) is 9.18 Å². The van der Waals surface area contributed by atoms with Gasteiger partial charge in [0.05, 0.1) is 24.5 Å². The van der Waals surface area contributed by atoms with Gasteiger partial charge in [0.15, 0.2) is 5.84 Å². The van der Waals surface area contributed by atoms with Crippen molar-refractivity contribution in [2.24, 2.45) is 15.2 Å². The smallest absolute Gasteiger partial charge is 0.338 e. The number of nitrogens with zero attached hydrogens (tertiary/aromatic N) is 4. The van der Waals surface area contributed by atoms with Gasteiger partial charge in [0.25, 0.3) is 0 Å². The van der Waals surface area contributed by atoms with E-state index in [0.717, 1.165) is 16.8 Å². The number of aliphatic imine (C=N–C) groups is 1. The maximum absolute atomic E-state index is 13.8. The Morgan fingerprint density at radius 2 is 2.07 bits per heavy atom. The summed E-state index contributed by atoms with van der Waals surface area (Å²) in [6.07, 6.45) is -0.498. The highest BCUT2D eigenvalue weighted by Crippen LogP contribution is 2.31. The predicted molar refractivity (Wildman–Crippen MR) is 108 cm³/mol. The molecule has 1 N–H and O–H groups in total. The lowest BCUT2D eigenvalue weighted by atomic mass is 9.97. The van der Waals surface area contributed by atoms with Crippen molar-refractivity contribution in [1.29, 1.82) is 0 Å². The molecule has 0 spiro atoms. The van der Waals surface area contributed by atoms with Gasteiger partial charge in [-0.05, 0) is 17.7 Å². The second-order valence-electron chi connectivity index (χ2n) is 6.43. The number of alkyl halides is 1. The van der Waals surface area contributed by atoms with Crippen molar-refractivity contribution in [1.82, 2.24) is 0 Å². The Morgan fingerprint density at radius 3 is 2.86 bits per heavy atom. The molecule has 6 nitrogen and oxygen atoms in total. The molecule has 0 aromatic heterocycles. The number of halogens is 2. The van der Waals surface area contributed by atoms with Crippen molar-refractivity contribution in [3.8, 4) is 0 Å². The van der Waals surface area contributed by atoms with Crippen LogP contribution in [0.25, 0.3) is 0 Å². The molecule has 1 unspecified atom stereocenters. The Morgan fingerprint density at radius 1 is 1.25 bits per heavy atom. The largest absolute Gasteiger partial charge is 0.479 e. The van der Waals surface area contributed by atoms with E-state index in [0.29, 0.717) is 35.2 Å². The Balaban J connectivity index is 1.84. The molecule has 4 rings (SSSR count). The van der Waals surface area contributed by atoms with Crippen molar-refractivity contribution < 1.29 is 14.3 Å². The van der Waals surface area contributed by atoms with Gasteiger partial charge in [-0.25, -0.2) is 9.18 Å². The molecule has 2 aliphatic heterocycles. The summed E-state index contributed by atoms with van der Waals surface area (Å²) in [5.41, 5.74) is 3.67. The van der Waals surface area contributed by atoms with Crippen LogP contribution in [-0.4, -0.2) is 48.1 Å². The summed E-state index contributed by atoms with van der Waals surface area (Å²) in [5, 5.41) is 17.6. The SMILES string of the molecule is O=C(O)C(F)Cc1ccc2c(c1)N1CC=NN=C1CN=C2c1ccccc1Cl. The molecule has 0 bridgehead atoms. The minimum absolute atomic E-state index is 0.213. The van der Waals surface area contributed by atoms with Gasteiger partial charge in [-0.15, -0.1) is 5.10 Å². The fourth-order valence-electron chi connectivity index (χ4n) is 3.28. The number of aliphatic carboxylic acids is 1. The number of carboxylic acid groups (broad SMARTS) is 1. The summed E-state index contributed by atoms with van der Waals surface area (Å²) in [4.78, 5) is 17.6. The number of hydrogen-bond acceptors (Lipinski definition) is 5. The van der Waals surface area contributed by atoms with E-state index >= 15 is 0 Å². The zero-order valence-corrected chi connectivity index (χ0v) is 15.5. The van der Waals surface area contributed by atoms with Crippen LogP contribution in [-0.2, 0) is 11.2 Å². The quantitative estimate of drug-likeness (QED) is 0.857. The van der Waals surface area contributed by atoms with Crippen LogP contribution in [0.3, 0.4) is 0 Å². The molecule has 8 heteroatoms. The van der Waals surface area contributed by atoms with Gasteiger partial charge in [-0.3, -0.25) is 4.99 Å². The maximum atomic E-state index is 13.8. The topological polar surface area (TPSA) is 77.6 Å². The van der Waals surface area contributed by atoms with E-state index in [-0.39, 0.29) is 6.42 Å². The van der Waals surface area contributed by atoms with E-state index in [1.807, 2.05) is 29.2 Å². The van der Waals surface area contributed by atoms with Crippen molar-refractivity contribution in [2.45, 2.75) is 12.6 Å². The lowest BCUT2D eigenvalue weighted by molar-refractivity contribution is -0.142. The molecular formula is C20H16ClFN4O2. The summed E-state index contributed by atoms with van der Waals surface area (Å²) in [6, 6.07) is 12.8. The third-order valence-corrected chi connectivity index (χ3v) is 4.96. The molecule has 1 atom stereocenters. The highest BCUT2D eigenvalue weighted by Gasteiger charge is 2.27. The molecule has 2 heterocycles. The van der Waals surface area contributed by atoms with Gasteiger partial charge in [0, 0.05) is 28.8 Å². The van der Waals surface area contributed by atoms with Crippen molar-refractivity contribution >= 4 is 41.0 Å². The molecule has 0 amide bonds. The van der Waals surface area contributed by atoms with Gasteiger partial charge in [-0.1, -0.05) is 41.9 Å². The van der Waals surface area contributed by atoms with Crippen molar-refractivity contribution in [3.05, 3.63) is 64.2 Å². The van der Waals surface area contributed by atoms with E-state index < -0.39 is 12.1 Å². The molecule has 2 aromatic carbocycles. The molecular weight excluding hydrogens is 383 g/mol. The van der Waals surface area contributed by atoms with Gasteiger partial charge < -0.3 is 10.0 Å². The van der Waals surface area contributed by atoms with E-state index in [4.69, 9.17) is 21.7 Å². The monoisotopic (exact) mass is 398 g/mol. The van der Waals surface area contributed by atoms with Crippen LogP contribution < -0.4 is 4.90 Å². The van der Waals surface area contributed by atoms with Gasteiger partial charge in [0.2, 0.25) is 6.17 Å². The number of benzene rings is 2. The van der Waals surface area contributed by atoms with Gasteiger partial charge in [-0.2, -0.15) is 5.10 Å². The minimum Gasteiger partial charge on any atom is -0.479 e. The number of fused-ring (bicyclic) bond motifs is 3. The molecule has 2 aliphatic rings. The van der Waals surface area contributed by atoms with Crippen LogP contribution in [0.15, 0.2) is 57.7 Å². The molecule has 0 saturated heterocycles. The number of carbonyl (C=O) groups is 1. The fourth-order valence-corrected chi connectivity index (χ4v) is 3.51. The molecule has 142 valence electrons. The summed E-state index contributed by atoms with van der Waals surface area (Å²) < 4.78 is 13.8. The lowest BCUT2D eigenvalue weighted by Crippen LogP contribution is -2.36. The maximum Gasteiger partial charge on any atom is 0.338 e. The van der Waals surface area contributed by atoms with Crippen LogP contribution in [0.5, 0.6) is 0 Å². The van der Waals surface area contributed by atoms with Crippen LogP contribution in [0, 0.1) is 0 Å². The standard InChI is InChI=1S/C20H16ClFN4O2/c21-15-4-2-1-3-13(15)19-14-6-5-12(9-16(22)20(27)28)10-17(14)26-8-7-24-25-18(26)11-23-19/h1-7,10,16H,8-9,11H2,(H,27,28). The predicted octanol–water partition coefficient (Wildman–Crippen LogP) is 3.36. The first kappa shape index (κ1) is 18.3. The summed E-state index contributed by atoms with van der Waals surface area (Å²) in [6.45, 7) is 0.821. The highest BCUT2D eigenvalue weighted by molar-refractivity contribution is 6.36. The van der Waals surface area contributed by atoms with E-state index in [1.54, 1.807) is 24.4 Å². The second-order valence-corrected chi connectivity index (χ2v) is 6.84. The number of rotatable bonds is 4. The second kappa shape index (κ2) is 7.52. The molecule has 0 fully saturated rings. The molecule has 28 heavy (non-hydrogen) atoms. The Kier molecular flexibility index (Phi) is 4.92. The average Bonchev–Trinajstić information content (AvgIpc) is 2.85. The summed E-state index contributed by atoms with van der Waals surface area (Å²) >= 11 is 6.40. The average molecular weight is 399 g/mol. The first-order valence-corrected chi connectivity index (χ1v) is 9.08. The first-order chi connectivity index (χ1) is 13.5. The molecule has 2 aromatic rings. The molecule has 0 radical (unpaired) electrons. The molecule has 0 saturated carbocycles. The zero-order valence-electron chi connectivity index (χ0n) is 14.7. The third-order valence-electron chi connectivity index (χ3n) is 4.63. The number of anilines is 1. The number of hydrogen-bond donors (Lipinski definition) is 1. The normalized spacial score (nSPS) is 16.4. The minimum atomic E-state index is -1.96. The zero-order chi connectivity index (χ0) is 19.7. The Hall–Kier alpha value is -3.06. The first-order valence-electron chi connectivity index (χ1n) is 8.70. The Bertz CT molecular complexity index is 1030. The van der Waals surface area contributed by atoms with Gasteiger partial charge >= 0.3 is 5.97 Å². The summed E-state index contributed by atoms with van der Waals surface area (Å²) in [5.74, 6) is -0.807. The fraction of sp³-hybridized carbons (Fsp3) is 0.200. The van der Waals surface area contributed by atoms with Crippen LogP contribution in [0.4, 0.5) is 10.1 Å². The lowest BCUT2D eigenvalue weighted by Gasteiger charge is -2.26. The van der Waals surface area contributed by atoms with Crippen molar-refractivity contribution in [2.75, 3.05) is 18.0 Å².